The van der Waals surface area contributed by atoms with Gasteiger partial charge < -0.3 is 9.64 Å². The largest absolute Gasteiger partial charge is 0.444 e. The van der Waals surface area contributed by atoms with Crippen LogP contribution in [0.3, 0.4) is 0 Å². The summed E-state index contributed by atoms with van der Waals surface area (Å²) < 4.78 is 5.53. The standard InChI is InChI=1S/C19H25ClN4O2S/c1-19(2,3)26-18(25)24-9-7-13-5-6-16(20)15(14(13)8-10-24)12-27-17-11-21-23(4)22-17/h5-6,11H,7-10,12H2,1-4H3. The van der Waals surface area contributed by atoms with Crippen molar-refractivity contribution in [3.05, 3.63) is 40.0 Å². The summed E-state index contributed by atoms with van der Waals surface area (Å²) in [5, 5.41) is 10.0. The lowest BCUT2D eigenvalue weighted by Gasteiger charge is -2.26. The summed E-state index contributed by atoms with van der Waals surface area (Å²) in [5.41, 5.74) is 3.12. The van der Waals surface area contributed by atoms with Crippen LogP contribution in [0.1, 0.15) is 37.5 Å². The molecular formula is C19H25ClN4O2S. The summed E-state index contributed by atoms with van der Waals surface area (Å²) in [7, 11) is 1.80. The molecule has 0 aliphatic carbocycles. The average Bonchev–Trinajstić information content (AvgIpc) is 2.86. The minimum atomic E-state index is -0.488. The van der Waals surface area contributed by atoms with Crippen molar-refractivity contribution in [2.75, 3.05) is 13.1 Å². The van der Waals surface area contributed by atoms with Gasteiger partial charge in [-0.25, -0.2) is 4.79 Å². The topological polar surface area (TPSA) is 60.2 Å². The van der Waals surface area contributed by atoms with Crippen LogP contribution in [0, 0.1) is 0 Å². The number of amides is 1. The summed E-state index contributed by atoms with van der Waals surface area (Å²) in [4.78, 5) is 15.8. The predicted molar refractivity (Wildman–Crippen MR) is 107 cm³/mol. The normalized spacial score (nSPS) is 14.6. The zero-order valence-electron chi connectivity index (χ0n) is 16.2. The first-order valence-corrected chi connectivity index (χ1v) is 10.4. The van der Waals surface area contributed by atoms with E-state index in [1.54, 1.807) is 34.7 Å². The van der Waals surface area contributed by atoms with Crippen LogP contribution in [-0.4, -0.2) is 44.7 Å². The fourth-order valence-corrected chi connectivity index (χ4v) is 4.32. The third-order valence-electron chi connectivity index (χ3n) is 4.35. The van der Waals surface area contributed by atoms with Gasteiger partial charge >= 0.3 is 6.09 Å². The van der Waals surface area contributed by atoms with Gasteiger partial charge in [0.25, 0.3) is 0 Å². The number of nitrogens with zero attached hydrogens (tertiary/aromatic N) is 4. The predicted octanol–water partition coefficient (Wildman–Crippen LogP) is 4.10. The van der Waals surface area contributed by atoms with Gasteiger partial charge in [0, 0.05) is 30.9 Å². The van der Waals surface area contributed by atoms with E-state index in [0.29, 0.717) is 13.1 Å². The highest BCUT2D eigenvalue weighted by Crippen LogP contribution is 2.32. The van der Waals surface area contributed by atoms with E-state index >= 15 is 0 Å². The number of ether oxygens (including phenoxy) is 1. The number of thioether (sulfide) groups is 1. The molecule has 27 heavy (non-hydrogen) atoms. The van der Waals surface area contributed by atoms with Gasteiger partial charge in [-0.1, -0.05) is 29.4 Å². The Morgan fingerprint density at radius 1 is 1.30 bits per heavy atom. The van der Waals surface area contributed by atoms with Gasteiger partial charge in [0.2, 0.25) is 0 Å². The van der Waals surface area contributed by atoms with E-state index in [2.05, 4.69) is 16.3 Å². The van der Waals surface area contributed by atoms with Gasteiger partial charge in [-0.2, -0.15) is 9.90 Å². The fourth-order valence-electron chi connectivity index (χ4n) is 3.08. The summed E-state index contributed by atoms with van der Waals surface area (Å²) in [6, 6.07) is 4.03. The smallest absolute Gasteiger partial charge is 0.410 e. The SMILES string of the molecule is Cn1ncc(SCc2c(Cl)ccc3c2CCN(C(=O)OC(C)(C)C)CC3)n1. The van der Waals surface area contributed by atoms with Crippen molar-refractivity contribution < 1.29 is 9.53 Å². The summed E-state index contributed by atoms with van der Waals surface area (Å²) >= 11 is 8.13. The molecule has 1 amide bonds. The molecule has 2 heterocycles. The van der Waals surface area contributed by atoms with Crippen molar-refractivity contribution in [2.24, 2.45) is 7.05 Å². The molecule has 0 N–H and O–H groups in total. The monoisotopic (exact) mass is 408 g/mol. The second-order valence-electron chi connectivity index (χ2n) is 7.59. The lowest BCUT2D eigenvalue weighted by Crippen LogP contribution is -2.38. The number of aromatic nitrogens is 3. The first-order valence-electron chi connectivity index (χ1n) is 8.99. The molecule has 0 spiro atoms. The number of carbonyl (C=O) groups is 1. The molecule has 0 fully saturated rings. The number of halogens is 1. The zero-order valence-corrected chi connectivity index (χ0v) is 17.7. The molecule has 2 aromatic rings. The molecule has 0 radical (unpaired) electrons. The second kappa shape index (κ2) is 8.10. The van der Waals surface area contributed by atoms with Gasteiger partial charge in [0.15, 0.2) is 0 Å². The Hall–Kier alpha value is -1.73. The molecule has 1 aromatic heterocycles. The maximum atomic E-state index is 12.4. The highest BCUT2D eigenvalue weighted by Gasteiger charge is 2.25. The van der Waals surface area contributed by atoms with E-state index in [9.17, 15) is 4.79 Å². The van der Waals surface area contributed by atoms with Gasteiger partial charge in [0.05, 0.1) is 6.20 Å². The first-order chi connectivity index (χ1) is 12.7. The molecule has 0 unspecified atom stereocenters. The van der Waals surface area contributed by atoms with E-state index in [-0.39, 0.29) is 6.09 Å². The van der Waals surface area contributed by atoms with Crippen molar-refractivity contribution in [1.82, 2.24) is 19.9 Å². The molecule has 1 aliphatic heterocycles. The molecule has 1 aliphatic rings. The summed E-state index contributed by atoms with van der Waals surface area (Å²) in [5.74, 6) is 0.729. The average molecular weight is 409 g/mol. The van der Waals surface area contributed by atoms with Gasteiger partial charge in [0.1, 0.15) is 10.6 Å². The Morgan fingerprint density at radius 2 is 2.04 bits per heavy atom. The molecule has 3 rings (SSSR count). The molecular weight excluding hydrogens is 384 g/mol. The van der Waals surface area contributed by atoms with E-state index in [0.717, 1.165) is 34.2 Å². The van der Waals surface area contributed by atoms with Gasteiger partial charge in [-0.15, -0.1) is 5.10 Å². The van der Waals surface area contributed by atoms with Crippen LogP contribution >= 0.6 is 23.4 Å². The Balaban J connectivity index is 1.74. The molecule has 0 saturated heterocycles. The lowest BCUT2D eigenvalue weighted by atomic mass is 9.98. The Morgan fingerprint density at radius 3 is 2.70 bits per heavy atom. The summed E-state index contributed by atoms with van der Waals surface area (Å²) in [6.45, 7) is 6.95. The highest BCUT2D eigenvalue weighted by molar-refractivity contribution is 7.98. The van der Waals surface area contributed by atoms with Crippen LogP contribution in [-0.2, 0) is 30.4 Å². The zero-order chi connectivity index (χ0) is 19.6. The van der Waals surface area contributed by atoms with Crippen LogP contribution in [0.4, 0.5) is 4.79 Å². The molecule has 1 aromatic carbocycles. The molecule has 8 heteroatoms. The number of fused-ring (bicyclic) bond motifs is 1. The number of carbonyl (C=O) groups excluding carboxylic acids is 1. The van der Waals surface area contributed by atoms with E-state index in [4.69, 9.17) is 16.3 Å². The minimum Gasteiger partial charge on any atom is -0.444 e. The van der Waals surface area contributed by atoms with Crippen molar-refractivity contribution in [3.63, 3.8) is 0 Å². The Kier molecular flexibility index (Phi) is 6.01. The molecule has 146 valence electrons. The van der Waals surface area contributed by atoms with E-state index in [1.165, 1.54) is 11.1 Å². The second-order valence-corrected chi connectivity index (χ2v) is 8.99. The molecule has 0 atom stereocenters. The van der Waals surface area contributed by atoms with Crippen LogP contribution in [0.15, 0.2) is 23.4 Å². The quantitative estimate of drug-likeness (QED) is 0.715. The maximum absolute atomic E-state index is 12.4. The van der Waals surface area contributed by atoms with Crippen molar-refractivity contribution in [3.8, 4) is 0 Å². The number of benzene rings is 1. The Labute approximate surface area is 169 Å². The van der Waals surface area contributed by atoms with E-state index < -0.39 is 5.60 Å². The molecule has 0 bridgehead atoms. The number of rotatable bonds is 3. The van der Waals surface area contributed by atoms with Gasteiger partial charge in [-0.05, 0) is 56.4 Å². The van der Waals surface area contributed by atoms with Gasteiger partial charge in [-0.3, -0.25) is 0 Å². The van der Waals surface area contributed by atoms with Crippen LogP contribution in [0.5, 0.6) is 0 Å². The van der Waals surface area contributed by atoms with Crippen LogP contribution in [0.25, 0.3) is 0 Å². The molecule has 0 saturated carbocycles. The number of hydrogen-bond acceptors (Lipinski definition) is 5. The van der Waals surface area contributed by atoms with Crippen LogP contribution in [0.2, 0.25) is 5.02 Å². The van der Waals surface area contributed by atoms with Crippen LogP contribution < -0.4 is 0 Å². The highest BCUT2D eigenvalue weighted by atomic mass is 35.5. The van der Waals surface area contributed by atoms with Crippen molar-refractivity contribution >= 4 is 29.5 Å². The fraction of sp³-hybridized carbons (Fsp3) is 0.526. The lowest BCUT2D eigenvalue weighted by molar-refractivity contribution is 0.0258. The third kappa shape index (κ3) is 5.17. The number of hydrogen-bond donors (Lipinski definition) is 0. The molecule has 6 nitrogen and oxygen atoms in total. The van der Waals surface area contributed by atoms with Crippen molar-refractivity contribution in [2.45, 2.75) is 50.0 Å². The maximum Gasteiger partial charge on any atom is 0.410 e. The first kappa shape index (κ1) is 20.0. The van der Waals surface area contributed by atoms with E-state index in [1.807, 2.05) is 26.8 Å². The summed E-state index contributed by atoms with van der Waals surface area (Å²) in [6.07, 6.45) is 3.07. The minimum absolute atomic E-state index is 0.253. The third-order valence-corrected chi connectivity index (χ3v) is 5.62. The van der Waals surface area contributed by atoms with Crippen molar-refractivity contribution in [1.29, 1.82) is 0 Å². The Bertz CT molecular complexity index is 832. The number of aryl methyl sites for hydroxylation is 1.